The Morgan fingerprint density at radius 2 is 1.83 bits per heavy atom. The normalized spacial score (nSPS) is 11.3. The lowest BCUT2D eigenvalue weighted by atomic mass is 9.83. The summed E-state index contributed by atoms with van der Waals surface area (Å²) in [6.07, 6.45) is 2.58. The van der Waals surface area contributed by atoms with Gasteiger partial charge in [-0.25, -0.2) is 4.39 Å². The molecule has 0 N–H and O–H groups in total. The highest BCUT2D eigenvalue weighted by Gasteiger charge is 2.28. The van der Waals surface area contributed by atoms with Crippen molar-refractivity contribution in [2.24, 2.45) is 5.41 Å². The van der Waals surface area contributed by atoms with E-state index >= 15 is 0 Å². The maximum absolute atomic E-state index is 13.8. The molecular formula is C15H22FNO. The van der Waals surface area contributed by atoms with Gasteiger partial charge in [-0.2, -0.15) is 0 Å². The van der Waals surface area contributed by atoms with Gasteiger partial charge >= 0.3 is 0 Å². The van der Waals surface area contributed by atoms with E-state index in [1.165, 1.54) is 6.07 Å². The third kappa shape index (κ3) is 3.09. The molecule has 0 amide bonds. The predicted molar refractivity (Wildman–Crippen MR) is 73.4 cm³/mol. The molecular weight excluding hydrogens is 229 g/mol. The zero-order valence-corrected chi connectivity index (χ0v) is 11.4. The lowest BCUT2D eigenvalue weighted by Gasteiger charge is -2.34. The van der Waals surface area contributed by atoms with E-state index in [0.717, 1.165) is 19.1 Å². The first kappa shape index (κ1) is 14.7. The van der Waals surface area contributed by atoms with E-state index in [2.05, 4.69) is 0 Å². The molecule has 0 saturated carbocycles. The Labute approximate surface area is 109 Å². The minimum absolute atomic E-state index is 0.230. The Balaban J connectivity index is 2.98. The highest BCUT2D eigenvalue weighted by Crippen LogP contribution is 2.28. The van der Waals surface area contributed by atoms with Gasteiger partial charge in [0.15, 0.2) is 0 Å². The van der Waals surface area contributed by atoms with E-state index in [4.69, 9.17) is 0 Å². The summed E-state index contributed by atoms with van der Waals surface area (Å²) in [4.78, 5) is 13.3. The number of carbonyl (C=O) groups is 1. The van der Waals surface area contributed by atoms with Crippen molar-refractivity contribution in [2.45, 2.75) is 33.6 Å². The standard InChI is InChI=1S/C15H22FNO/c1-4-15(5-2,12-18)11-17(6-3)14-10-8-7-9-13(14)16/h7-10,12H,4-6,11H2,1-3H3. The molecule has 0 aliphatic rings. The highest BCUT2D eigenvalue weighted by atomic mass is 19.1. The van der Waals surface area contributed by atoms with Gasteiger partial charge in [0, 0.05) is 18.5 Å². The van der Waals surface area contributed by atoms with Crippen molar-refractivity contribution >= 4 is 12.0 Å². The van der Waals surface area contributed by atoms with Gasteiger partial charge in [0.05, 0.1) is 5.69 Å². The van der Waals surface area contributed by atoms with Gasteiger partial charge in [0.25, 0.3) is 0 Å². The van der Waals surface area contributed by atoms with Crippen molar-refractivity contribution in [2.75, 3.05) is 18.0 Å². The average molecular weight is 251 g/mol. The minimum atomic E-state index is -0.377. The number of rotatable bonds is 7. The first-order chi connectivity index (χ1) is 8.62. The molecule has 1 rings (SSSR count). The predicted octanol–water partition coefficient (Wildman–Crippen LogP) is 3.66. The SMILES string of the molecule is CCN(CC(C=O)(CC)CC)c1ccccc1F. The van der Waals surface area contributed by atoms with Crippen molar-refractivity contribution in [1.29, 1.82) is 0 Å². The monoisotopic (exact) mass is 251 g/mol. The molecule has 0 fully saturated rings. The summed E-state index contributed by atoms with van der Waals surface area (Å²) in [5.74, 6) is -0.230. The number of hydrogen-bond acceptors (Lipinski definition) is 2. The Kier molecular flexibility index (Phi) is 5.32. The summed E-state index contributed by atoms with van der Waals surface area (Å²) in [5, 5.41) is 0. The molecule has 100 valence electrons. The van der Waals surface area contributed by atoms with Gasteiger partial charge in [-0.1, -0.05) is 26.0 Å². The van der Waals surface area contributed by atoms with Gasteiger partial charge in [-0.05, 0) is 31.9 Å². The number of halogens is 1. The largest absolute Gasteiger partial charge is 0.368 e. The van der Waals surface area contributed by atoms with Crippen molar-refractivity contribution in [3.8, 4) is 0 Å². The van der Waals surface area contributed by atoms with Crippen LogP contribution in [-0.2, 0) is 4.79 Å². The molecule has 0 heterocycles. The fourth-order valence-corrected chi connectivity index (χ4v) is 2.13. The molecule has 0 bridgehead atoms. The molecule has 3 heteroatoms. The van der Waals surface area contributed by atoms with Crippen LogP contribution in [0.5, 0.6) is 0 Å². The smallest absolute Gasteiger partial charge is 0.146 e. The van der Waals surface area contributed by atoms with Crippen LogP contribution < -0.4 is 4.90 Å². The molecule has 0 unspecified atom stereocenters. The molecule has 0 aliphatic carbocycles. The second kappa shape index (κ2) is 6.53. The van der Waals surface area contributed by atoms with Crippen LogP contribution in [0.2, 0.25) is 0 Å². The zero-order chi connectivity index (χ0) is 13.6. The number of aldehydes is 1. The summed E-state index contributed by atoms with van der Waals surface area (Å²) in [6, 6.07) is 6.72. The summed E-state index contributed by atoms with van der Waals surface area (Å²) in [6.45, 7) is 7.25. The molecule has 0 spiro atoms. The van der Waals surface area contributed by atoms with Gasteiger partial charge < -0.3 is 9.69 Å². The zero-order valence-electron chi connectivity index (χ0n) is 11.4. The van der Waals surface area contributed by atoms with Gasteiger partial charge in [0.2, 0.25) is 0 Å². The highest BCUT2D eigenvalue weighted by molar-refractivity contribution is 5.61. The first-order valence-corrected chi connectivity index (χ1v) is 6.58. The van der Waals surface area contributed by atoms with Crippen LogP contribution in [0.4, 0.5) is 10.1 Å². The van der Waals surface area contributed by atoms with Crippen molar-refractivity contribution in [3.63, 3.8) is 0 Å². The van der Waals surface area contributed by atoms with E-state index in [1.807, 2.05) is 31.7 Å². The molecule has 0 radical (unpaired) electrons. The quantitative estimate of drug-likeness (QED) is 0.689. The molecule has 0 aliphatic heterocycles. The molecule has 1 aromatic rings. The maximum Gasteiger partial charge on any atom is 0.146 e. The number of benzene rings is 1. The lowest BCUT2D eigenvalue weighted by molar-refractivity contribution is -0.116. The van der Waals surface area contributed by atoms with Gasteiger partial charge in [-0.15, -0.1) is 0 Å². The van der Waals surface area contributed by atoms with E-state index in [1.54, 1.807) is 12.1 Å². The van der Waals surface area contributed by atoms with Crippen LogP contribution in [0.3, 0.4) is 0 Å². The van der Waals surface area contributed by atoms with Crippen LogP contribution in [0.1, 0.15) is 33.6 Å². The van der Waals surface area contributed by atoms with Crippen LogP contribution in [-0.4, -0.2) is 19.4 Å². The Hall–Kier alpha value is -1.38. The van der Waals surface area contributed by atoms with E-state index in [-0.39, 0.29) is 11.2 Å². The maximum atomic E-state index is 13.8. The summed E-state index contributed by atoms with van der Waals surface area (Å²) in [5.41, 5.74) is 0.200. The van der Waals surface area contributed by atoms with Crippen molar-refractivity contribution < 1.29 is 9.18 Å². The van der Waals surface area contributed by atoms with Crippen molar-refractivity contribution in [1.82, 2.24) is 0 Å². The average Bonchev–Trinajstić information content (AvgIpc) is 2.42. The summed E-state index contributed by atoms with van der Waals surface area (Å²) >= 11 is 0. The molecule has 0 atom stereocenters. The third-order valence-electron chi connectivity index (χ3n) is 3.74. The second-order valence-electron chi connectivity index (χ2n) is 4.65. The topological polar surface area (TPSA) is 20.3 Å². The fraction of sp³-hybridized carbons (Fsp3) is 0.533. The van der Waals surface area contributed by atoms with Crippen LogP contribution in [0.15, 0.2) is 24.3 Å². The Bertz CT molecular complexity index is 388. The van der Waals surface area contributed by atoms with E-state index in [9.17, 15) is 9.18 Å². The van der Waals surface area contributed by atoms with Crippen LogP contribution in [0, 0.1) is 11.2 Å². The first-order valence-electron chi connectivity index (χ1n) is 6.58. The molecule has 1 aromatic carbocycles. The third-order valence-corrected chi connectivity index (χ3v) is 3.74. The number of nitrogens with zero attached hydrogens (tertiary/aromatic N) is 1. The number of para-hydroxylation sites is 1. The van der Waals surface area contributed by atoms with Crippen LogP contribution >= 0.6 is 0 Å². The second-order valence-corrected chi connectivity index (χ2v) is 4.65. The Morgan fingerprint density at radius 1 is 1.22 bits per heavy atom. The number of hydrogen-bond donors (Lipinski definition) is 0. The summed E-state index contributed by atoms with van der Waals surface area (Å²) < 4.78 is 13.8. The number of carbonyl (C=O) groups excluding carboxylic acids is 1. The number of anilines is 1. The van der Waals surface area contributed by atoms with Crippen molar-refractivity contribution in [3.05, 3.63) is 30.1 Å². The lowest BCUT2D eigenvalue weighted by Crippen LogP contribution is -2.38. The minimum Gasteiger partial charge on any atom is -0.368 e. The molecule has 18 heavy (non-hydrogen) atoms. The van der Waals surface area contributed by atoms with Gasteiger partial charge in [0.1, 0.15) is 12.1 Å². The summed E-state index contributed by atoms with van der Waals surface area (Å²) in [7, 11) is 0. The Morgan fingerprint density at radius 3 is 2.28 bits per heavy atom. The van der Waals surface area contributed by atoms with Crippen LogP contribution in [0.25, 0.3) is 0 Å². The van der Waals surface area contributed by atoms with E-state index < -0.39 is 0 Å². The van der Waals surface area contributed by atoms with E-state index in [0.29, 0.717) is 18.8 Å². The molecule has 0 aromatic heterocycles. The molecule has 0 saturated heterocycles. The fourth-order valence-electron chi connectivity index (χ4n) is 2.13. The van der Waals surface area contributed by atoms with Gasteiger partial charge in [-0.3, -0.25) is 0 Å². The molecule has 2 nitrogen and oxygen atoms in total.